The van der Waals surface area contributed by atoms with Crippen LogP contribution in [-0.4, -0.2) is 43.6 Å². The van der Waals surface area contributed by atoms with E-state index in [1.54, 1.807) is 12.1 Å². The fourth-order valence-corrected chi connectivity index (χ4v) is 3.16. The lowest BCUT2D eigenvalue weighted by Crippen LogP contribution is -2.44. The first kappa shape index (κ1) is 14.9. The summed E-state index contributed by atoms with van der Waals surface area (Å²) in [5.74, 6) is 0. The second-order valence-electron chi connectivity index (χ2n) is 4.53. The molecule has 1 aromatic rings. The number of rotatable bonds is 5. The van der Waals surface area contributed by atoms with Crippen molar-refractivity contribution in [2.24, 2.45) is 5.73 Å². The summed E-state index contributed by atoms with van der Waals surface area (Å²) in [6.45, 7) is 2.56. The van der Waals surface area contributed by atoms with E-state index in [-0.39, 0.29) is 24.1 Å². The highest BCUT2D eigenvalue weighted by molar-refractivity contribution is 7.89. The summed E-state index contributed by atoms with van der Waals surface area (Å²) in [5.41, 5.74) is 6.29. The molecule has 1 atom stereocenters. The molecule has 0 spiro atoms. The van der Waals surface area contributed by atoms with Gasteiger partial charge >= 0.3 is 0 Å². The zero-order valence-corrected chi connectivity index (χ0v) is 11.9. The van der Waals surface area contributed by atoms with Gasteiger partial charge in [0.2, 0.25) is 6.41 Å². The van der Waals surface area contributed by atoms with E-state index in [9.17, 15) is 13.2 Å². The molecule has 1 fully saturated rings. The lowest BCUT2D eigenvalue weighted by atomic mass is 10.2. The van der Waals surface area contributed by atoms with E-state index < -0.39 is 10.0 Å². The van der Waals surface area contributed by atoms with Gasteiger partial charge in [-0.1, -0.05) is 12.1 Å². The van der Waals surface area contributed by atoms with Crippen molar-refractivity contribution < 1.29 is 17.9 Å². The van der Waals surface area contributed by atoms with Gasteiger partial charge in [-0.3, -0.25) is 4.79 Å². The van der Waals surface area contributed by atoms with Crippen molar-refractivity contribution in [3.63, 3.8) is 0 Å². The summed E-state index contributed by atoms with van der Waals surface area (Å²) >= 11 is 0. The fraction of sp³-hybridized carbons (Fsp3) is 0.417. The lowest BCUT2D eigenvalue weighted by Gasteiger charge is -2.25. The van der Waals surface area contributed by atoms with Crippen molar-refractivity contribution in [2.45, 2.75) is 24.5 Å². The Kier molecular flexibility index (Phi) is 4.39. The highest BCUT2D eigenvalue weighted by Crippen LogP contribution is 2.20. The third kappa shape index (κ3) is 2.83. The monoisotopic (exact) mass is 299 g/mol. The predicted molar refractivity (Wildman–Crippen MR) is 71.5 cm³/mol. The number of ether oxygens (including phenoxy) is 1. The molecule has 1 aliphatic heterocycles. The molecule has 0 saturated carbocycles. The maximum absolute atomic E-state index is 12.4. The van der Waals surface area contributed by atoms with Crippen LogP contribution in [0.25, 0.3) is 0 Å². The predicted octanol–water partition coefficient (Wildman–Crippen LogP) is -0.114. The largest absolute Gasteiger partial charge is 0.360 e. The summed E-state index contributed by atoms with van der Waals surface area (Å²) in [4.78, 5) is 11.2. The SMILES string of the molecule is CC1CN(N(C=O)S(=O)(=O)c2ccc(CN)cc2)CO1. The van der Waals surface area contributed by atoms with Crippen LogP contribution in [0.3, 0.4) is 0 Å². The molecule has 2 rings (SSSR count). The highest BCUT2D eigenvalue weighted by Gasteiger charge is 2.33. The van der Waals surface area contributed by atoms with E-state index in [0.717, 1.165) is 5.56 Å². The summed E-state index contributed by atoms with van der Waals surface area (Å²) in [6, 6.07) is 6.13. The maximum Gasteiger partial charge on any atom is 0.280 e. The average Bonchev–Trinajstić information content (AvgIpc) is 2.85. The van der Waals surface area contributed by atoms with Gasteiger partial charge in [0.1, 0.15) is 6.73 Å². The molecule has 1 aliphatic rings. The number of benzene rings is 1. The average molecular weight is 299 g/mol. The minimum absolute atomic E-state index is 0.0429. The number of carbonyl (C=O) groups is 1. The van der Waals surface area contributed by atoms with E-state index in [2.05, 4.69) is 0 Å². The van der Waals surface area contributed by atoms with Gasteiger partial charge in [-0.05, 0) is 24.6 Å². The van der Waals surface area contributed by atoms with Gasteiger partial charge < -0.3 is 10.5 Å². The van der Waals surface area contributed by atoms with Gasteiger partial charge in [-0.15, -0.1) is 0 Å². The fourth-order valence-electron chi connectivity index (χ4n) is 1.93. The first-order valence-corrected chi connectivity index (χ1v) is 7.58. The van der Waals surface area contributed by atoms with Crippen LogP contribution in [0.2, 0.25) is 0 Å². The van der Waals surface area contributed by atoms with Crippen molar-refractivity contribution in [3.8, 4) is 0 Å². The Hall–Kier alpha value is -1.48. The molecule has 0 radical (unpaired) electrons. The van der Waals surface area contributed by atoms with E-state index in [0.29, 0.717) is 17.5 Å². The number of hydrogen-bond acceptors (Lipinski definition) is 6. The van der Waals surface area contributed by atoms with Crippen molar-refractivity contribution in [1.29, 1.82) is 0 Å². The summed E-state index contributed by atoms with van der Waals surface area (Å²) in [6.07, 6.45) is 0.167. The van der Waals surface area contributed by atoms with Gasteiger partial charge in [0, 0.05) is 13.1 Å². The molecular weight excluding hydrogens is 282 g/mol. The topological polar surface area (TPSA) is 92.9 Å². The van der Waals surface area contributed by atoms with Crippen LogP contribution >= 0.6 is 0 Å². The third-order valence-corrected chi connectivity index (χ3v) is 4.73. The Bertz CT molecular complexity index is 573. The second kappa shape index (κ2) is 5.88. The first-order valence-electron chi connectivity index (χ1n) is 6.14. The van der Waals surface area contributed by atoms with Crippen LogP contribution in [0, 0.1) is 0 Å². The molecule has 110 valence electrons. The van der Waals surface area contributed by atoms with Gasteiger partial charge in [0.25, 0.3) is 10.0 Å². The summed E-state index contributed by atoms with van der Waals surface area (Å²) in [5, 5.41) is 1.35. The first-order chi connectivity index (χ1) is 9.48. The molecule has 2 N–H and O–H groups in total. The van der Waals surface area contributed by atoms with Gasteiger partial charge in [-0.25, -0.2) is 0 Å². The second-order valence-corrected chi connectivity index (χ2v) is 6.32. The van der Waals surface area contributed by atoms with Crippen LogP contribution in [0.1, 0.15) is 12.5 Å². The van der Waals surface area contributed by atoms with Crippen LogP contribution in [-0.2, 0) is 26.1 Å². The smallest absolute Gasteiger partial charge is 0.280 e. The standard InChI is InChI=1S/C12H17N3O4S/c1-10-7-14(9-19-10)15(8-16)20(17,18)12-4-2-11(6-13)3-5-12/h2-5,8,10H,6-7,9,13H2,1H3. The van der Waals surface area contributed by atoms with Crippen LogP contribution in [0.4, 0.5) is 0 Å². The Morgan fingerprint density at radius 2 is 2.10 bits per heavy atom. The molecule has 1 unspecified atom stereocenters. The molecule has 1 heterocycles. The molecule has 0 aromatic heterocycles. The minimum Gasteiger partial charge on any atom is -0.360 e. The van der Waals surface area contributed by atoms with Gasteiger partial charge in [0.15, 0.2) is 0 Å². The zero-order chi connectivity index (χ0) is 14.8. The van der Waals surface area contributed by atoms with Crippen LogP contribution in [0.5, 0.6) is 0 Å². The number of nitrogens with zero attached hydrogens (tertiary/aromatic N) is 2. The quantitative estimate of drug-likeness (QED) is 0.762. The molecule has 1 amide bonds. The molecule has 0 bridgehead atoms. The Labute approximate surface area is 117 Å². The van der Waals surface area contributed by atoms with Crippen molar-refractivity contribution in [1.82, 2.24) is 9.42 Å². The number of hydrogen-bond donors (Lipinski definition) is 1. The highest BCUT2D eigenvalue weighted by atomic mass is 32.2. The molecule has 0 aliphatic carbocycles. The number of nitrogens with two attached hydrogens (primary N) is 1. The normalized spacial score (nSPS) is 20.0. The lowest BCUT2D eigenvalue weighted by molar-refractivity contribution is -0.124. The number of sulfonamides is 1. The Morgan fingerprint density at radius 3 is 2.55 bits per heavy atom. The Morgan fingerprint density at radius 1 is 1.45 bits per heavy atom. The maximum atomic E-state index is 12.4. The zero-order valence-electron chi connectivity index (χ0n) is 11.1. The molecule has 1 aromatic carbocycles. The van der Waals surface area contributed by atoms with E-state index in [1.807, 2.05) is 6.92 Å². The molecule has 20 heavy (non-hydrogen) atoms. The van der Waals surface area contributed by atoms with Crippen molar-refractivity contribution in [2.75, 3.05) is 13.3 Å². The molecule has 7 nitrogen and oxygen atoms in total. The van der Waals surface area contributed by atoms with Crippen molar-refractivity contribution in [3.05, 3.63) is 29.8 Å². The van der Waals surface area contributed by atoms with Gasteiger partial charge in [-0.2, -0.15) is 17.8 Å². The van der Waals surface area contributed by atoms with Gasteiger partial charge in [0.05, 0.1) is 11.0 Å². The van der Waals surface area contributed by atoms with Crippen molar-refractivity contribution >= 4 is 16.4 Å². The third-order valence-electron chi connectivity index (χ3n) is 3.05. The van der Waals surface area contributed by atoms with E-state index in [1.165, 1.54) is 17.1 Å². The Balaban J connectivity index is 2.28. The van der Waals surface area contributed by atoms with Crippen LogP contribution < -0.4 is 5.73 Å². The minimum atomic E-state index is -3.91. The van der Waals surface area contributed by atoms with E-state index in [4.69, 9.17) is 10.5 Å². The summed E-state index contributed by atoms with van der Waals surface area (Å²) in [7, 11) is -3.91. The number of carbonyl (C=O) groups excluding carboxylic acids is 1. The summed E-state index contributed by atoms with van der Waals surface area (Å²) < 4.78 is 30.8. The number of hydrazine groups is 1. The molecule has 1 saturated heterocycles. The van der Waals surface area contributed by atoms with E-state index >= 15 is 0 Å². The molecular formula is C12H17N3O4S. The number of amides is 1. The molecule has 8 heteroatoms. The van der Waals surface area contributed by atoms with Crippen LogP contribution in [0.15, 0.2) is 29.2 Å².